The molecule has 0 saturated heterocycles. The lowest BCUT2D eigenvalue weighted by atomic mass is 10.1. The molecule has 0 saturated carbocycles. The molecular formula is C17H13F3N2O2S2. The Morgan fingerprint density at radius 3 is 2.23 bits per heavy atom. The number of imidazole rings is 1. The van der Waals surface area contributed by atoms with Crippen molar-refractivity contribution in [1.29, 1.82) is 0 Å². The number of nitrogens with zero attached hydrogens (tertiary/aromatic N) is 1. The van der Waals surface area contributed by atoms with Crippen LogP contribution in [0, 0.1) is 0 Å². The number of benzene rings is 2. The molecule has 0 unspecified atom stereocenters. The van der Waals surface area contributed by atoms with Crippen LogP contribution in [0.4, 0.5) is 13.2 Å². The van der Waals surface area contributed by atoms with Gasteiger partial charge < -0.3 is 4.98 Å². The lowest BCUT2D eigenvalue weighted by molar-refractivity contribution is -0.144. The van der Waals surface area contributed by atoms with Crippen molar-refractivity contribution in [2.45, 2.75) is 16.0 Å². The molecule has 0 aliphatic heterocycles. The van der Waals surface area contributed by atoms with Crippen LogP contribution in [-0.2, 0) is 16.0 Å². The summed E-state index contributed by atoms with van der Waals surface area (Å²) in [6, 6.07) is 12.2. The average Bonchev–Trinajstić information content (AvgIpc) is 3.00. The first kappa shape index (κ1) is 18.5. The Morgan fingerprint density at radius 1 is 1.04 bits per heavy atom. The summed E-state index contributed by atoms with van der Waals surface area (Å²) >= 11 is 4.21. The van der Waals surface area contributed by atoms with Crippen LogP contribution in [0.3, 0.4) is 0 Å². The van der Waals surface area contributed by atoms with E-state index in [0.29, 0.717) is 16.0 Å². The van der Waals surface area contributed by atoms with Crippen LogP contribution in [-0.4, -0.2) is 24.6 Å². The van der Waals surface area contributed by atoms with E-state index < -0.39 is 21.8 Å². The number of rotatable bonds is 3. The molecule has 136 valence electrons. The average molecular weight is 398 g/mol. The minimum Gasteiger partial charge on any atom is -0.334 e. The van der Waals surface area contributed by atoms with E-state index in [1.165, 1.54) is 24.3 Å². The normalized spacial score (nSPS) is 12.3. The monoisotopic (exact) mass is 398 g/mol. The van der Waals surface area contributed by atoms with Crippen LogP contribution in [0.5, 0.6) is 0 Å². The molecule has 3 aromatic rings. The lowest BCUT2D eigenvalue weighted by Gasteiger charge is -2.05. The third-order valence-corrected chi connectivity index (χ3v) is 5.07. The van der Waals surface area contributed by atoms with Gasteiger partial charge in [0.05, 0.1) is 16.3 Å². The summed E-state index contributed by atoms with van der Waals surface area (Å²) in [6.45, 7) is 0. The van der Waals surface area contributed by atoms with Crippen LogP contribution in [0.15, 0.2) is 58.3 Å². The zero-order valence-electron chi connectivity index (χ0n) is 13.4. The molecule has 0 aliphatic carbocycles. The molecule has 0 radical (unpaired) electrons. The summed E-state index contributed by atoms with van der Waals surface area (Å²) < 4.78 is 62.5. The van der Waals surface area contributed by atoms with Crippen molar-refractivity contribution < 1.29 is 21.6 Å². The van der Waals surface area contributed by atoms with Crippen molar-refractivity contribution in [3.8, 4) is 22.5 Å². The predicted molar refractivity (Wildman–Crippen MR) is 94.8 cm³/mol. The number of aromatic nitrogens is 2. The molecule has 1 N–H and O–H groups in total. The highest BCUT2D eigenvalue weighted by molar-refractivity contribution is 7.90. The zero-order chi connectivity index (χ0) is 19.1. The van der Waals surface area contributed by atoms with E-state index in [4.69, 9.17) is 0 Å². The van der Waals surface area contributed by atoms with E-state index in [1.54, 1.807) is 24.3 Å². The quantitative estimate of drug-likeness (QED) is 0.641. The molecule has 0 fully saturated rings. The lowest BCUT2D eigenvalue weighted by Crippen LogP contribution is -2.07. The van der Waals surface area contributed by atoms with Crippen molar-refractivity contribution in [1.82, 2.24) is 9.97 Å². The van der Waals surface area contributed by atoms with Gasteiger partial charge in [-0.25, -0.2) is 13.4 Å². The molecule has 4 nitrogen and oxygen atoms in total. The number of halogens is 3. The second kappa shape index (κ2) is 6.48. The van der Waals surface area contributed by atoms with Crippen molar-refractivity contribution >= 4 is 22.5 Å². The maximum atomic E-state index is 13.1. The number of alkyl halides is 3. The first-order chi connectivity index (χ1) is 12.1. The SMILES string of the molecule is CS(=O)(=O)c1ccc(-c2[nH]c(C(F)(F)F)nc2-c2cccc(S)c2)cc1. The number of hydrogen-bond donors (Lipinski definition) is 2. The van der Waals surface area contributed by atoms with Crippen LogP contribution >= 0.6 is 12.6 Å². The van der Waals surface area contributed by atoms with E-state index in [0.717, 1.165) is 6.26 Å². The van der Waals surface area contributed by atoms with E-state index in [9.17, 15) is 21.6 Å². The predicted octanol–water partition coefficient (Wildman–Crippen LogP) is 4.45. The minimum atomic E-state index is -4.64. The summed E-state index contributed by atoms with van der Waals surface area (Å²) in [5.74, 6) is -1.13. The van der Waals surface area contributed by atoms with E-state index in [2.05, 4.69) is 22.6 Å². The summed E-state index contributed by atoms with van der Waals surface area (Å²) in [6.07, 6.45) is -3.58. The third-order valence-electron chi connectivity index (χ3n) is 3.66. The Morgan fingerprint density at radius 2 is 1.69 bits per heavy atom. The Hall–Kier alpha value is -2.26. The Kier molecular flexibility index (Phi) is 4.61. The molecule has 0 amide bonds. The number of hydrogen-bond acceptors (Lipinski definition) is 4. The molecule has 0 bridgehead atoms. The van der Waals surface area contributed by atoms with E-state index >= 15 is 0 Å². The van der Waals surface area contributed by atoms with Crippen LogP contribution in [0.2, 0.25) is 0 Å². The second-order valence-corrected chi connectivity index (χ2v) is 8.19. The first-order valence-electron chi connectivity index (χ1n) is 7.33. The van der Waals surface area contributed by atoms with Gasteiger partial charge in [-0.15, -0.1) is 12.6 Å². The van der Waals surface area contributed by atoms with Crippen LogP contribution in [0.25, 0.3) is 22.5 Å². The molecule has 9 heteroatoms. The largest absolute Gasteiger partial charge is 0.449 e. The van der Waals surface area contributed by atoms with Gasteiger partial charge in [0.15, 0.2) is 9.84 Å². The number of nitrogens with one attached hydrogen (secondary N) is 1. The maximum Gasteiger partial charge on any atom is 0.449 e. The van der Waals surface area contributed by atoms with Gasteiger partial charge >= 0.3 is 6.18 Å². The molecule has 26 heavy (non-hydrogen) atoms. The van der Waals surface area contributed by atoms with Gasteiger partial charge in [0.1, 0.15) is 0 Å². The highest BCUT2D eigenvalue weighted by Crippen LogP contribution is 2.36. The molecule has 0 atom stereocenters. The maximum absolute atomic E-state index is 13.1. The standard InChI is InChI=1S/C17H13F3N2O2S2/c1-26(23,24)13-7-5-10(6-8-13)14-15(11-3-2-4-12(25)9-11)22-16(21-14)17(18,19)20/h2-9,25H,1H3,(H,21,22). The van der Waals surface area contributed by atoms with Gasteiger partial charge in [0.25, 0.3) is 0 Å². The molecule has 2 aromatic carbocycles. The number of H-pyrrole nitrogens is 1. The Bertz CT molecular complexity index is 1060. The van der Waals surface area contributed by atoms with Gasteiger partial charge in [-0.1, -0.05) is 24.3 Å². The fourth-order valence-corrected chi connectivity index (χ4v) is 3.30. The van der Waals surface area contributed by atoms with Gasteiger partial charge in [0.2, 0.25) is 5.82 Å². The van der Waals surface area contributed by atoms with Crippen LogP contribution < -0.4 is 0 Å². The highest BCUT2D eigenvalue weighted by Gasteiger charge is 2.36. The number of thiol groups is 1. The smallest absolute Gasteiger partial charge is 0.334 e. The van der Waals surface area contributed by atoms with Crippen molar-refractivity contribution in [2.75, 3.05) is 6.26 Å². The van der Waals surface area contributed by atoms with Crippen molar-refractivity contribution in [3.63, 3.8) is 0 Å². The third kappa shape index (κ3) is 3.78. The molecular weight excluding hydrogens is 385 g/mol. The molecule has 1 heterocycles. The van der Waals surface area contributed by atoms with Gasteiger partial charge in [-0.2, -0.15) is 13.2 Å². The first-order valence-corrected chi connectivity index (χ1v) is 9.66. The van der Waals surface area contributed by atoms with Crippen molar-refractivity contribution in [2.24, 2.45) is 0 Å². The Labute approximate surface area is 153 Å². The van der Waals surface area contributed by atoms with Crippen molar-refractivity contribution in [3.05, 3.63) is 54.4 Å². The van der Waals surface area contributed by atoms with E-state index in [1.807, 2.05) is 0 Å². The molecule has 0 aliphatic rings. The fraction of sp³-hybridized carbons (Fsp3) is 0.118. The highest BCUT2D eigenvalue weighted by atomic mass is 32.2. The van der Waals surface area contributed by atoms with Gasteiger partial charge in [0, 0.05) is 22.3 Å². The van der Waals surface area contributed by atoms with E-state index in [-0.39, 0.29) is 16.3 Å². The summed E-state index contributed by atoms with van der Waals surface area (Å²) in [4.78, 5) is 6.67. The molecule has 1 aromatic heterocycles. The van der Waals surface area contributed by atoms with Gasteiger partial charge in [-0.3, -0.25) is 0 Å². The summed E-state index contributed by atoms with van der Waals surface area (Å²) in [5.41, 5.74) is 1.11. The Balaban J connectivity index is 2.18. The minimum absolute atomic E-state index is 0.0794. The van der Waals surface area contributed by atoms with Crippen LogP contribution in [0.1, 0.15) is 5.82 Å². The topological polar surface area (TPSA) is 62.8 Å². The van der Waals surface area contributed by atoms with Gasteiger partial charge in [-0.05, 0) is 24.3 Å². The number of sulfone groups is 1. The summed E-state index contributed by atoms with van der Waals surface area (Å²) in [5, 5.41) is 0. The zero-order valence-corrected chi connectivity index (χ0v) is 15.1. The summed E-state index contributed by atoms with van der Waals surface area (Å²) in [7, 11) is -3.40. The second-order valence-electron chi connectivity index (χ2n) is 5.65. The number of aromatic amines is 1. The molecule has 3 rings (SSSR count). The fourth-order valence-electron chi connectivity index (χ4n) is 2.45. The molecule has 0 spiro atoms.